The average molecular weight is 423 g/mol. The summed E-state index contributed by atoms with van der Waals surface area (Å²) in [4.78, 5) is 45.7. The van der Waals surface area contributed by atoms with Crippen LogP contribution in [0.25, 0.3) is 0 Å². The standard InChI is InChI=1S/C16H17N5O5S2/c1-3-8-6-28-16(5-10(22)21(16)12(8)14(24)25)19-13(23)11(20-26-4-2)9-7-27-15(17)18-9/h3,7H,1,4-6H2,2H3,(H2,17,18)(H,19,23)(H,24,25). The lowest BCUT2D eigenvalue weighted by molar-refractivity contribution is -0.154. The van der Waals surface area contributed by atoms with Crippen molar-refractivity contribution in [1.29, 1.82) is 0 Å². The molecule has 0 bridgehead atoms. The highest BCUT2D eigenvalue weighted by molar-refractivity contribution is 8.01. The number of nitrogen functional groups attached to an aromatic ring is 1. The molecular formula is C16H17N5O5S2. The molecule has 4 N–H and O–H groups in total. The van der Waals surface area contributed by atoms with E-state index in [1.165, 1.54) is 17.8 Å². The maximum Gasteiger partial charge on any atom is 0.353 e. The van der Waals surface area contributed by atoms with Crippen LogP contribution in [0.15, 0.2) is 34.5 Å². The molecule has 28 heavy (non-hydrogen) atoms. The van der Waals surface area contributed by atoms with E-state index in [1.54, 1.807) is 12.3 Å². The van der Waals surface area contributed by atoms with Crippen molar-refractivity contribution in [2.24, 2.45) is 5.16 Å². The number of carbonyl (C=O) groups is 3. The second kappa shape index (κ2) is 7.64. The Bertz CT molecular complexity index is 924. The van der Waals surface area contributed by atoms with E-state index in [4.69, 9.17) is 10.6 Å². The molecule has 2 aliphatic heterocycles. The summed E-state index contributed by atoms with van der Waals surface area (Å²) in [6, 6.07) is 0. The van der Waals surface area contributed by atoms with Gasteiger partial charge in [-0.2, -0.15) is 0 Å². The minimum atomic E-state index is -1.27. The molecule has 10 nitrogen and oxygen atoms in total. The highest BCUT2D eigenvalue weighted by Crippen LogP contribution is 2.47. The highest BCUT2D eigenvalue weighted by Gasteiger charge is 2.58. The van der Waals surface area contributed by atoms with Gasteiger partial charge in [0.05, 0.1) is 6.42 Å². The molecule has 1 unspecified atom stereocenters. The zero-order chi connectivity index (χ0) is 20.5. The van der Waals surface area contributed by atoms with Crippen LogP contribution in [0.5, 0.6) is 0 Å². The number of hydrogen-bond donors (Lipinski definition) is 3. The van der Waals surface area contributed by atoms with Gasteiger partial charge in [-0.05, 0) is 12.5 Å². The zero-order valence-electron chi connectivity index (χ0n) is 14.8. The summed E-state index contributed by atoms with van der Waals surface area (Å²) in [7, 11) is 0. The number of nitrogens with two attached hydrogens (primary N) is 1. The first kappa shape index (κ1) is 19.9. The van der Waals surface area contributed by atoms with Crippen molar-refractivity contribution < 1.29 is 24.3 Å². The third-order valence-corrected chi connectivity index (χ3v) is 6.05. The quantitative estimate of drug-likeness (QED) is 0.330. The van der Waals surface area contributed by atoms with Gasteiger partial charge < -0.3 is 21.0 Å². The Labute approximate surface area is 168 Å². The fraction of sp³-hybridized carbons (Fsp3) is 0.312. The molecule has 1 saturated heterocycles. The number of rotatable bonds is 7. The van der Waals surface area contributed by atoms with E-state index >= 15 is 0 Å². The van der Waals surface area contributed by atoms with Crippen molar-refractivity contribution in [3.05, 3.63) is 35.0 Å². The number of β-lactam (4-membered cyclic amide) rings is 1. The van der Waals surface area contributed by atoms with Gasteiger partial charge in [0, 0.05) is 11.1 Å². The topological polar surface area (TPSA) is 147 Å². The van der Waals surface area contributed by atoms with Gasteiger partial charge in [0.15, 0.2) is 15.8 Å². The Morgan fingerprint density at radius 1 is 1.61 bits per heavy atom. The lowest BCUT2D eigenvalue weighted by Crippen LogP contribution is -2.72. The summed E-state index contributed by atoms with van der Waals surface area (Å²) >= 11 is 2.37. The Morgan fingerprint density at radius 2 is 2.36 bits per heavy atom. The molecule has 1 aromatic rings. The van der Waals surface area contributed by atoms with Crippen molar-refractivity contribution in [1.82, 2.24) is 15.2 Å². The Balaban J connectivity index is 1.92. The molecule has 0 spiro atoms. The number of nitrogens with zero attached hydrogens (tertiary/aromatic N) is 3. The number of aliphatic carboxylic acids is 1. The Morgan fingerprint density at radius 3 is 2.89 bits per heavy atom. The number of anilines is 1. The first-order valence-electron chi connectivity index (χ1n) is 8.12. The van der Waals surface area contributed by atoms with Crippen molar-refractivity contribution >= 4 is 51.7 Å². The molecule has 12 heteroatoms. The number of thioether (sulfide) groups is 1. The number of oxime groups is 1. The van der Waals surface area contributed by atoms with Crippen LogP contribution in [0.1, 0.15) is 19.0 Å². The molecule has 3 rings (SSSR count). The SMILES string of the molecule is C=CC1=C(C(=O)O)N2C(=O)CC2(NC(=O)C(=NOCC)c2csc(N)n2)SC1. The third kappa shape index (κ3) is 3.36. The minimum absolute atomic E-state index is 0.0499. The monoisotopic (exact) mass is 423 g/mol. The first-order chi connectivity index (χ1) is 13.3. The highest BCUT2D eigenvalue weighted by atomic mass is 32.2. The summed E-state index contributed by atoms with van der Waals surface area (Å²) < 4.78 is 0. The maximum absolute atomic E-state index is 12.9. The van der Waals surface area contributed by atoms with Gasteiger partial charge in [0.1, 0.15) is 18.0 Å². The second-order valence-electron chi connectivity index (χ2n) is 5.74. The van der Waals surface area contributed by atoms with Crippen LogP contribution in [0.3, 0.4) is 0 Å². The smallest absolute Gasteiger partial charge is 0.353 e. The summed E-state index contributed by atoms with van der Waals surface area (Å²) in [5.74, 6) is -2.06. The maximum atomic E-state index is 12.9. The number of amides is 2. The molecule has 2 aliphatic rings. The summed E-state index contributed by atoms with van der Waals surface area (Å²) in [6.45, 7) is 5.54. The number of hydrogen-bond acceptors (Lipinski definition) is 9. The molecule has 0 radical (unpaired) electrons. The van der Waals surface area contributed by atoms with Crippen LogP contribution < -0.4 is 11.1 Å². The van der Waals surface area contributed by atoms with Crippen LogP contribution in [0.2, 0.25) is 0 Å². The predicted octanol–water partition coefficient (Wildman–Crippen LogP) is 0.740. The number of aromatic nitrogens is 1. The minimum Gasteiger partial charge on any atom is -0.477 e. The molecule has 148 valence electrons. The Hall–Kier alpha value is -2.86. The lowest BCUT2D eigenvalue weighted by atomic mass is 10.0. The molecule has 0 aromatic carbocycles. The zero-order valence-corrected chi connectivity index (χ0v) is 16.4. The number of carboxylic acids is 1. The largest absolute Gasteiger partial charge is 0.477 e. The predicted molar refractivity (Wildman–Crippen MR) is 104 cm³/mol. The molecule has 2 amide bonds. The normalized spacial score (nSPS) is 21.7. The molecular weight excluding hydrogens is 406 g/mol. The van der Waals surface area contributed by atoms with Gasteiger partial charge in [-0.25, -0.2) is 9.78 Å². The first-order valence-corrected chi connectivity index (χ1v) is 9.99. The van der Waals surface area contributed by atoms with E-state index in [-0.39, 0.29) is 41.0 Å². The van der Waals surface area contributed by atoms with Crippen LogP contribution in [-0.2, 0) is 19.2 Å². The van der Waals surface area contributed by atoms with E-state index in [2.05, 4.69) is 22.0 Å². The third-order valence-electron chi connectivity index (χ3n) is 4.02. The van der Waals surface area contributed by atoms with Gasteiger partial charge >= 0.3 is 5.97 Å². The van der Waals surface area contributed by atoms with E-state index in [1.807, 2.05) is 0 Å². The van der Waals surface area contributed by atoms with E-state index in [0.29, 0.717) is 5.57 Å². The number of thiazole rings is 1. The summed E-state index contributed by atoms with van der Waals surface area (Å²) in [6.07, 6.45) is 1.35. The number of nitrogens with one attached hydrogen (secondary N) is 1. The van der Waals surface area contributed by atoms with Gasteiger partial charge in [-0.15, -0.1) is 23.1 Å². The van der Waals surface area contributed by atoms with Crippen LogP contribution in [-0.4, -0.2) is 55.8 Å². The van der Waals surface area contributed by atoms with Crippen molar-refractivity contribution in [2.75, 3.05) is 18.1 Å². The molecule has 1 fully saturated rings. The van der Waals surface area contributed by atoms with E-state index in [0.717, 1.165) is 16.2 Å². The number of fused-ring (bicyclic) bond motifs is 1. The molecule has 3 heterocycles. The molecule has 1 atom stereocenters. The van der Waals surface area contributed by atoms with Gasteiger partial charge in [0.2, 0.25) is 5.91 Å². The number of carboxylic acid groups (broad SMARTS) is 1. The summed E-state index contributed by atoms with van der Waals surface area (Å²) in [5, 5.41) is 17.9. The van der Waals surface area contributed by atoms with Crippen LogP contribution in [0.4, 0.5) is 5.13 Å². The molecule has 0 aliphatic carbocycles. The van der Waals surface area contributed by atoms with Gasteiger partial charge in [0.25, 0.3) is 5.91 Å². The average Bonchev–Trinajstić information content (AvgIpc) is 3.06. The summed E-state index contributed by atoms with van der Waals surface area (Å²) in [5.41, 5.74) is 5.96. The van der Waals surface area contributed by atoms with E-state index in [9.17, 15) is 19.5 Å². The number of carbonyl (C=O) groups excluding carboxylic acids is 2. The van der Waals surface area contributed by atoms with Crippen LogP contribution in [0, 0.1) is 0 Å². The van der Waals surface area contributed by atoms with Gasteiger partial charge in [-0.3, -0.25) is 14.5 Å². The fourth-order valence-electron chi connectivity index (χ4n) is 2.79. The lowest BCUT2D eigenvalue weighted by Gasteiger charge is -2.53. The van der Waals surface area contributed by atoms with Crippen molar-refractivity contribution in [3.8, 4) is 0 Å². The van der Waals surface area contributed by atoms with E-state index < -0.39 is 22.8 Å². The fourth-order valence-corrected chi connectivity index (χ4v) is 4.70. The second-order valence-corrected chi connectivity index (χ2v) is 7.89. The molecule has 0 saturated carbocycles. The van der Waals surface area contributed by atoms with Crippen LogP contribution >= 0.6 is 23.1 Å². The number of allylic oxidation sites excluding steroid dienone is 1. The molecule has 1 aromatic heterocycles. The van der Waals surface area contributed by atoms with Crippen molar-refractivity contribution in [3.63, 3.8) is 0 Å². The Kier molecular flexibility index (Phi) is 5.42. The van der Waals surface area contributed by atoms with Gasteiger partial charge in [-0.1, -0.05) is 17.8 Å². The van der Waals surface area contributed by atoms with Crippen molar-refractivity contribution in [2.45, 2.75) is 18.3 Å².